The molecule has 3 N–H and O–H groups in total. The molecule has 6 heteroatoms. The van der Waals surface area contributed by atoms with Crippen LogP contribution in [0.15, 0.2) is 0 Å². The lowest BCUT2D eigenvalue weighted by molar-refractivity contribution is 0.361. The van der Waals surface area contributed by atoms with Gasteiger partial charge in [-0.15, -0.1) is 12.4 Å². The standard InChI is InChI=1S/C9H18N2O2S.ClH/c10-8-3-1-2-4-9(8)11-14(12,13)7-5-6-7;/h7-9,11H,1-6,10H2;1H. The van der Waals surface area contributed by atoms with E-state index in [0.717, 1.165) is 38.5 Å². The lowest BCUT2D eigenvalue weighted by Crippen LogP contribution is -2.50. The normalized spacial score (nSPS) is 32.1. The van der Waals surface area contributed by atoms with Crippen molar-refractivity contribution in [2.45, 2.75) is 55.9 Å². The zero-order valence-electron chi connectivity index (χ0n) is 8.69. The summed E-state index contributed by atoms with van der Waals surface area (Å²) in [4.78, 5) is 0. The Balaban J connectivity index is 0.00000112. The van der Waals surface area contributed by atoms with Gasteiger partial charge in [-0.1, -0.05) is 12.8 Å². The SMILES string of the molecule is Cl.NC1CCCCC1NS(=O)(=O)C1CC1. The van der Waals surface area contributed by atoms with Crippen molar-refractivity contribution >= 4 is 22.4 Å². The third-order valence-corrected chi connectivity index (χ3v) is 5.08. The van der Waals surface area contributed by atoms with Crippen molar-refractivity contribution in [1.82, 2.24) is 4.72 Å². The molecular formula is C9H19ClN2O2S. The first kappa shape index (κ1) is 13.2. The molecule has 0 saturated heterocycles. The summed E-state index contributed by atoms with van der Waals surface area (Å²) in [5.41, 5.74) is 5.88. The second-order valence-corrected chi connectivity index (χ2v) is 6.41. The lowest BCUT2D eigenvalue weighted by Gasteiger charge is -2.28. The zero-order valence-corrected chi connectivity index (χ0v) is 10.3. The summed E-state index contributed by atoms with van der Waals surface area (Å²) < 4.78 is 26.0. The monoisotopic (exact) mass is 254 g/mol. The second-order valence-electron chi connectivity index (χ2n) is 4.42. The molecule has 0 bridgehead atoms. The minimum atomic E-state index is -3.05. The summed E-state index contributed by atoms with van der Waals surface area (Å²) in [5.74, 6) is 0. The number of halogens is 1. The fourth-order valence-electron chi connectivity index (χ4n) is 1.99. The van der Waals surface area contributed by atoms with Gasteiger partial charge >= 0.3 is 0 Å². The predicted octanol–water partition coefficient (Wildman–Crippen LogP) is 0.760. The maximum atomic E-state index is 11.6. The van der Waals surface area contributed by atoms with E-state index in [1.807, 2.05) is 0 Å². The number of rotatable bonds is 3. The van der Waals surface area contributed by atoms with Crippen LogP contribution in [-0.2, 0) is 10.0 Å². The summed E-state index contributed by atoms with van der Waals surface area (Å²) in [6.07, 6.45) is 5.69. The highest BCUT2D eigenvalue weighted by Gasteiger charge is 2.38. The molecule has 0 amide bonds. The van der Waals surface area contributed by atoms with Crippen molar-refractivity contribution in [3.8, 4) is 0 Å². The topological polar surface area (TPSA) is 72.2 Å². The Kier molecular flexibility index (Phi) is 4.40. The first-order chi connectivity index (χ1) is 6.59. The van der Waals surface area contributed by atoms with Crippen LogP contribution < -0.4 is 10.5 Å². The lowest BCUT2D eigenvalue weighted by atomic mass is 9.92. The maximum Gasteiger partial charge on any atom is 0.214 e. The zero-order chi connectivity index (χ0) is 10.2. The van der Waals surface area contributed by atoms with E-state index in [1.54, 1.807) is 0 Å². The molecule has 90 valence electrons. The molecule has 2 saturated carbocycles. The Morgan fingerprint density at radius 2 is 1.67 bits per heavy atom. The van der Waals surface area contributed by atoms with Crippen LogP contribution in [0.5, 0.6) is 0 Å². The van der Waals surface area contributed by atoms with Crippen molar-refractivity contribution in [2.75, 3.05) is 0 Å². The first-order valence-electron chi connectivity index (χ1n) is 5.36. The van der Waals surface area contributed by atoms with Crippen molar-refractivity contribution in [2.24, 2.45) is 5.73 Å². The number of nitrogens with two attached hydrogens (primary N) is 1. The molecule has 0 aromatic heterocycles. The van der Waals surface area contributed by atoms with E-state index >= 15 is 0 Å². The molecule has 2 unspecified atom stereocenters. The van der Waals surface area contributed by atoms with Gasteiger partial charge < -0.3 is 5.73 Å². The largest absolute Gasteiger partial charge is 0.326 e. The van der Waals surface area contributed by atoms with Crippen LogP contribution in [0.25, 0.3) is 0 Å². The van der Waals surface area contributed by atoms with E-state index in [1.165, 1.54) is 0 Å². The van der Waals surface area contributed by atoms with Gasteiger partial charge in [-0.2, -0.15) is 0 Å². The van der Waals surface area contributed by atoms with Crippen molar-refractivity contribution in [1.29, 1.82) is 0 Å². The Bertz CT molecular complexity index is 303. The average molecular weight is 255 g/mol. The Morgan fingerprint density at radius 1 is 1.07 bits per heavy atom. The molecule has 0 aromatic carbocycles. The molecule has 0 aromatic rings. The highest BCUT2D eigenvalue weighted by molar-refractivity contribution is 7.90. The van der Waals surface area contributed by atoms with Gasteiger partial charge in [0.1, 0.15) is 0 Å². The Morgan fingerprint density at radius 3 is 2.20 bits per heavy atom. The number of hydrogen-bond acceptors (Lipinski definition) is 3. The van der Waals surface area contributed by atoms with Crippen LogP contribution in [0.4, 0.5) is 0 Å². The van der Waals surface area contributed by atoms with Crippen LogP contribution in [0.2, 0.25) is 0 Å². The van der Waals surface area contributed by atoms with Crippen LogP contribution >= 0.6 is 12.4 Å². The minimum absolute atomic E-state index is 0. The summed E-state index contributed by atoms with van der Waals surface area (Å²) in [7, 11) is -3.05. The molecule has 2 atom stereocenters. The molecule has 0 heterocycles. The van der Waals surface area contributed by atoms with Crippen LogP contribution in [0, 0.1) is 0 Å². The molecule has 15 heavy (non-hydrogen) atoms. The van der Waals surface area contributed by atoms with Gasteiger partial charge in [0.25, 0.3) is 0 Å². The van der Waals surface area contributed by atoms with Gasteiger partial charge in [0, 0.05) is 12.1 Å². The fraction of sp³-hybridized carbons (Fsp3) is 1.00. The van der Waals surface area contributed by atoms with Gasteiger partial charge in [-0.25, -0.2) is 13.1 Å². The second kappa shape index (κ2) is 4.99. The minimum Gasteiger partial charge on any atom is -0.326 e. The summed E-state index contributed by atoms with van der Waals surface area (Å²) in [6, 6.07) is -0.00775. The fourth-order valence-corrected chi connectivity index (χ4v) is 3.66. The highest BCUT2D eigenvalue weighted by Crippen LogP contribution is 2.28. The number of nitrogens with one attached hydrogen (secondary N) is 1. The third kappa shape index (κ3) is 3.31. The van der Waals surface area contributed by atoms with Gasteiger partial charge in [-0.05, 0) is 25.7 Å². The Hall–Kier alpha value is 0.160. The Labute approximate surface area is 97.5 Å². The quantitative estimate of drug-likeness (QED) is 0.781. The predicted molar refractivity (Wildman–Crippen MR) is 62.6 cm³/mol. The van der Waals surface area contributed by atoms with Crippen molar-refractivity contribution < 1.29 is 8.42 Å². The van der Waals surface area contributed by atoms with Crippen LogP contribution in [0.3, 0.4) is 0 Å². The summed E-state index contributed by atoms with van der Waals surface area (Å²) in [6.45, 7) is 0. The maximum absolute atomic E-state index is 11.6. The van der Waals surface area contributed by atoms with Crippen LogP contribution in [-0.4, -0.2) is 25.8 Å². The molecule has 2 fully saturated rings. The molecule has 2 aliphatic carbocycles. The third-order valence-electron chi connectivity index (χ3n) is 3.10. The van der Waals surface area contributed by atoms with Crippen LogP contribution in [0.1, 0.15) is 38.5 Å². The molecular weight excluding hydrogens is 236 g/mol. The molecule has 4 nitrogen and oxygen atoms in total. The molecule has 0 radical (unpaired) electrons. The molecule has 0 spiro atoms. The van der Waals surface area contributed by atoms with E-state index in [0.29, 0.717) is 0 Å². The molecule has 0 aliphatic heterocycles. The molecule has 2 aliphatic rings. The highest BCUT2D eigenvalue weighted by atomic mass is 35.5. The van der Waals surface area contributed by atoms with Crippen molar-refractivity contribution in [3.63, 3.8) is 0 Å². The van der Waals surface area contributed by atoms with E-state index in [-0.39, 0.29) is 29.7 Å². The number of sulfonamides is 1. The van der Waals surface area contributed by atoms with E-state index in [2.05, 4.69) is 4.72 Å². The van der Waals surface area contributed by atoms with E-state index in [9.17, 15) is 8.42 Å². The first-order valence-corrected chi connectivity index (χ1v) is 6.91. The van der Waals surface area contributed by atoms with E-state index < -0.39 is 10.0 Å². The van der Waals surface area contributed by atoms with Gasteiger partial charge in [-0.3, -0.25) is 0 Å². The smallest absolute Gasteiger partial charge is 0.214 e. The van der Waals surface area contributed by atoms with Gasteiger partial charge in [0.2, 0.25) is 10.0 Å². The van der Waals surface area contributed by atoms with Crippen molar-refractivity contribution in [3.05, 3.63) is 0 Å². The molecule has 2 rings (SSSR count). The summed E-state index contributed by atoms with van der Waals surface area (Å²) in [5, 5.41) is -0.128. The average Bonchev–Trinajstić information content (AvgIpc) is 2.91. The summed E-state index contributed by atoms with van der Waals surface area (Å²) >= 11 is 0. The van der Waals surface area contributed by atoms with Gasteiger partial charge in [0.15, 0.2) is 0 Å². The number of hydrogen-bond donors (Lipinski definition) is 2. The van der Waals surface area contributed by atoms with E-state index in [4.69, 9.17) is 5.73 Å². The van der Waals surface area contributed by atoms with Gasteiger partial charge in [0.05, 0.1) is 5.25 Å².